The van der Waals surface area contributed by atoms with Gasteiger partial charge in [-0.15, -0.1) is 0 Å². The fraction of sp³-hybridized carbons (Fsp3) is 0.286. The van der Waals surface area contributed by atoms with Crippen LogP contribution in [0.25, 0.3) is 10.9 Å². The van der Waals surface area contributed by atoms with E-state index in [1.807, 2.05) is 18.5 Å². The van der Waals surface area contributed by atoms with Gasteiger partial charge in [-0.25, -0.2) is 4.79 Å². The molecular formula is C14H15NO3. The van der Waals surface area contributed by atoms with E-state index >= 15 is 0 Å². The van der Waals surface area contributed by atoms with E-state index in [1.54, 1.807) is 18.3 Å². The summed E-state index contributed by atoms with van der Waals surface area (Å²) in [4.78, 5) is 22.7. The Morgan fingerprint density at radius 2 is 2.00 bits per heavy atom. The van der Waals surface area contributed by atoms with Gasteiger partial charge in [-0.2, -0.15) is 0 Å². The van der Waals surface area contributed by atoms with Crippen molar-refractivity contribution in [3.63, 3.8) is 0 Å². The van der Waals surface area contributed by atoms with E-state index in [2.05, 4.69) is 0 Å². The van der Waals surface area contributed by atoms with Crippen molar-refractivity contribution in [3.8, 4) is 0 Å². The zero-order chi connectivity index (χ0) is 13.4. The fourth-order valence-electron chi connectivity index (χ4n) is 2.32. The Morgan fingerprint density at radius 3 is 2.50 bits per heavy atom. The van der Waals surface area contributed by atoms with Crippen molar-refractivity contribution < 1.29 is 14.7 Å². The second-order valence-corrected chi connectivity index (χ2v) is 4.40. The molecule has 2 aromatic rings. The highest BCUT2D eigenvalue weighted by molar-refractivity contribution is 6.09. The number of fused-ring (bicyclic) bond motifs is 1. The van der Waals surface area contributed by atoms with E-state index in [0.29, 0.717) is 5.56 Å². The third kappa shape index (κ3) is 1.79. The first kappa shape index (κ1) is 12.4. The van der Waals surface area contributed by atoms with E-state index in [-0.39, 0.29) is 11.3 Å². The van der Waals surface area contributed by atoms with Crippen LogP contribution < -0.4 is 0 Å². The molecule has 0 saturated heterocycles. The number of aromatic nitrogens is 1. The highest BCUT2D eigenvalue weighted by Gasteiger charge is 2.16. The quantitative estimate of drug-likeness (QED) is 0.846. The first-order chi connectivity index (χ1) is 8.45. The lowest BCUT2D eigenvalue weighted by molar-refractivity contribution is 0.0696. The molecule has 2 rings (SSSR count). The Bertz CT molecular complexity index is 653. The van der Waals surface area contributed by atoms with E-state index in [9.17, 15) is 9.59 Å². The van der Waals surface area contributed by atoms with Gasteiger partial charge in [0.25, 0.3) is 0 Å². The first-order valence-electron chi connectivity index (χ1n) is 5.81. The molecule has 0 aliphatic rings. The number of Topliss-reactive ketones (excluding diaryl/α,β-unsaturated/α-hetero) is 1. The highest BCUT2D eigenvalue weighted by atomic mass is 16.4. The van der Waals surface area contributed by atoms with Gasteiger partial charge >= 0.3 is 5.97 Å². The van der Waals surface area contributed by atoms with Crippen LogP contribution in [0.2, 0.25) is 0 Å². The summed E-state index contributed by atoms with van der Waals surface area (Å²) in [6.45, 7) is 3.47. The van der Waals surface area contributed by atoms with Crippen LogP contribution in [0.15, 0.2) is 18.3 Å². The number of carbonyl (C=O) groups excluding carboxylic acids is 1. The standard InChI is InChI=1S/C14H15NO3/c1-4-9-5-10(14(17)18)6-11-12(8(2)16)7-15(3)13(9)11/h5-7H,4H2,1-3H3,(H,17,18). The van der Waals surface area contributed by atoms with Crippen molar-refractivity contribution in [2.45, 2.75) is 20.3 Å². The molecule has 0 aliphatic heterocycles. The van der Waals surface area contributed by atoms with Gasteiger partial charge in [-0.3, -0.25) is 4.79 Å². The van der Waals surface area contributed by atoms with Gasteiger partial charge in [-0.1, -0.05) is 6.92 Å². The van der Waals surface area contributed by atoms with Crippen LogP contribution in [0.5, 0.6) is 0 Å². The van der Waals surface area contributed by atoms with Gasteiger partial charge < -0.3 is 9.67 Å². The Labute approximate surface area is 105 Å². The maximum Gasteiger partial charge on any atom is 0.335 e. The van der Waals surface area contributed by atoms with E-state index < -0.39 is 5.97 Å². The van der Waals surface area contributed by atoms with Crippen LogP contribution in [-0.4, -0.2) is 21.4 Å². The molecule has 18 heavy (non-hydrogen) atoms. The van der Waals surface area contributed by atoms with Crippen LogP contribution >= 0.6 is 0 Å². The average molecular weight is 245 g/mol. The number of hydrogen-bond acceptors (Lipinski definition) is 2. The lowest BCUT2D eigenvalue weighted by atomic mass is 10.0. The fourth-order valence-corrected chi connectivity index (χ4v) is 2.32. The minimum Gasteiger partial charge on any atom is -0.478 e. The van der Waals surface area contributed by atoms with Gasteiger partial charge in [0.2, 0.25) is 0 Å². The predicted octanol–water partition coefficient (Wildman–Crippen LogP) is 2.64. The van der Waals surface area contributed by atoms with E-state index in [0.717, 1.165) is 22.9 Å². The molecule has 1 N–H and O–H groups in total. The molecule has 0 amide bonds. The topological polar surface area (TPSA) is 59.3 Å². The van der Waals surface area contributed by atoms with Crippen LogP contribution in [0.1, 0.15) is 40.1 Å². The van der Waals surface area contributed by atoms with Gasteiger partial charge in [0.1, 0.15) is 0 Å². The number of nitrogens with zero attached hydrogens (tertiary/aromatic N) is 1. The molecule has 0 aliphatic carbocycles. The normalized spacial score (nSPS) is 10.8. The van der Waals surface area contributed by atoms with Crippen LogP contribution in [0.4, 0.5) is 0 Å². The average Bonchev–Trinajstić information content (AvgIpc) is 2.66. The maximum atomic E-state index is 11.6. The van der Waals surface area contributed by atoms with Crippen LogP contribution in [-0.2, 0) is 13.5 Å². The number of benzene rings is 1. The SMILES string of the molecule is CCc1cc(C(=O)O)cc2c(C(C)=O)cn(C)c12. The van der Waals surface area contributed by atoms with Crippen molar-refractivity contribution in [3.05, 3.63) is 35.0 Å². The monoisotopic (exact) mass is 245 g/mol. The number of ketones is 1. The summed E-state index contributed by atoms with van der Waals surface area (Å²) in [7, 11) is 1.87. The second kappa shape index (κ2) is 4.29. The van der Waals surface area contributed by atoms with Gasteiger partial charge in [0.15, 0.2) is 5.78 Å². The van der Waals surface area contributed by atoms with Crippen LogP contribution in [0, 0.1) is 0 Å². The van der Waals surface area contributed by atoms with Crippen molar-refractivity contribution in [2.24, 2.45) is 7.05 Å². The molecule has 1 aromatic heterocycles. The zero-order valence-electron chi connectivity index (χ0n) is 10.7. The molecule has 1 heterocycles. The molecule has 0 atom stereocenters. The summed E-state index contributed by atoms with van der Waals surface area (Å²) in [6, 6.07) is 3.25. The molecule has 0 spiro atoms. The molecule has 94 valence electrons. The molecule has 0 unspecified atom stereocenters. The molecule has 0 saturated carbocycles. The molecule has 0 fully saturated rings. The summed E-state index contributed by atoms with van der Waals surface area (Å²) in [5.74, 6) is -1.02. The minimum atomic E-state index is -0.968. The largest absolute Gasteiger partial charge is 0.478 e. The molecule has 1 aromatic carbocycles. The number of carboxylic acids is 1. The third-order valence-corrected chi connectivity index (χ3v) is 3.16. The number of carboxylic acid groups (broad SMARTS) is 1. The number of aromatic carboxylic acids is 1. The maximum absolute atomic E-state index is 11.6. The van der Waals surface area contributed by atoms with Crippen molar-refractivity contribution in [1.82, 2.24) is 4.57 Å². The summed E-state index contributed by atoms with van der Waals surface area (Å²) in [6.07, 6.45) is 2.49. The lowest BCUT2D eigenvalue weighted by Gasteiger charge is -2.06. The molecule has 4 heteroatoms. The number of rotatable bonds is 3. The molecular weight excluding hydrogens is 230 g/mol. The number of carbonyl (C=O) groups is 2. The van der Waals surface area contributed by atoms with Crippen LogP contribution in [0.3, 0.4) is 0 Å². The first-order valence-corrected chi connectivity index (χ1v) is 5.81. The number of hydrogen-bond donors (Lipinski definition) is 1. The summed E-state index contributed by atoms with van der Waals surface area (Å²) < 4.78 is 1.89. The lowest BCUT2D eigenvalue weighted by Crippen LogP contribution is -2.00. The molecule has 0 radical (unpaired) electrons. The Kier molecular flexibility index (Phi) is 2.95. The highest BCUT2D eigenvalue weighted by Crippen LogP contribution is 2.27. The van der Waals surface area contributed by atoms with E-state index in [1.165, 1.54) is 6.92 Å². The van der Waals surface area contributed by atoms with E-state index in [4.69, 9.17) is 5.11 Å². The van der Waals surface area contributed by atoms with Crippen molar-refractivity contribution in [2.75, 3.05) is 0 Å². The smallest absolute Gasteiger partial charge is 0.335 e. The Balaban J connectivity index is 2.89. The minimum absolute atomic E-state index is 0.0507. The predicted molar refractivity (Wildman–Crippen MR) is 69.3 cm³/mol. The summed E-state index contributed by atoms with van der Waals surface area (Å²) in [5.41, 5.74) is 2.69. The van der Waals surface area contributed by atoms with Crippen molar-refractivity contribution >= 4 is 22.7 Å². The summed E-state index contributed by atoms with van der Waals surface area (Å²) in [5, 5.41) is 9.83. The van der Waals surface area contributed by atoms with Crippen molar-refractivity contribution in [1.29, 1.82) is 0 Å². The Morgan fingerprint density at radius 1 is 1.33 bits per heavy atom. The second-order valence-electron chi connectivity index (χ2n) is 4.40. The van der Waals surface area contributed by atoms with Gasteiger partial charge in [0, 0.05) is 24.2 Å². The number of aryl methyl sites for hydroxylation is 2. The molecule has 4 nitrogen and oxygen atoms in total. The molecule has 0 bridgehead atoms. The van der Waals surface area contributed by atoms with Gasteiger partial charge in [-0.05, 0) is 31.0 Å². The summed E-state index contributed by atoms with van der Waals surface area (Å²) >= 11 is 0. The third-order valence-electron chi connectivity index (χ3n) is 3.16. The Hall–Kier alpha value is -2.10. The zero-order valence-corrected chi connectivity index (χ0v) is 10.7. The van der Waals surface area contributed by atoms with Gasteiger partial charge in [0.05, 0.1) is 11.1 Å².